The number of rotatable bonds is 4. The summed E-state index contributed by atoms with van der Waals surface area (Å²) in [5, 5.41) is 3.38. The van der Waals surface area contributed by atoms with Crippen molar-refractivity contribution in [3.05, 3.63) is 0 Å². The summed E-state index contributed by atoms with van der Waals surface area (Å²) in [6, 6.07) is 0.349. The minimum atomic E-state index is -0.217. The minimum Gasteiger partial charge on any atom is -0.368 e. The maximum Gasteiger partial charge on any atom is 0.234 e. The molecule has 14 heavy (non-hydrogen) atoms. The quantitative estimate of drug-likeness (QED) is 0.717. The van der Waals surface area contributed by atoms with E-state index in [1.54, 1.807) is 0 Å². The summed E-state index contributed by atoms with van der Waals surface area (Å²) >= 11 is 0. The molecule has 1 fully saturated rings. The zero-order valence-electron chi connectivity index (χ0n) is 9.25. The van der Waals surface area contributed by atoms with Crippen LogP contribution in [0.4, 0.5) is 0 Å². The Hall–Kier alpha value is -0.570. The summed E-state index contributed by atoms with van der Waals surface area (Å²) in [5.41, 5.74) is 5.35. The molecule has 1 aliphatic rings. The maximum atomic E-state index is 11.2. The molecule has 3 N–H and O–H groups in total. The Morgan fingerprint density at radius 1 is 1.29 bits per heavy atom. The third-order valence-electron chi connectivity index (χ3n) is 2.99. The lowest BCUT2D eigenvalue weighted by molar-refractivity contribution is -0.121. The van der Waals surface area contributed by atoms with Crippen LogP contribution in [0.2, 0.25) is 0 Å². The van der Waals surface area contributed by atoms with E-state index < -0.39 is 0 Å². The van der Waals surface area contributed by atoms with Crippen molar-refractivity contribution in [2.24, 2.45) is 11.7 Å². The highest BCUT2D eigenvalue weighted by atomic mass is 16.1. The van der Waals surface area contributed by atoms with Gasteiger partial charge in [-0.3, -0.25) is 4.79 Å². The number of nitrogens with two attached hydrogens (primary N) is 1. The normalized spacial score (nSPS) is 21.1. The van der Waals surface area contributed by atoms with E-state index in [9.17, 15) is 4.79 Å². The zero-order valence-corrected chi connectivity index (χ0v) is 9.25. The molecule has 0 bridgehead atoms. The molecule has 3 nitrogen and oxygen atoms in total. The van der Waals surface area contributed by atoms with Gasteiger partial charge >= 0.3 is 0 Å². The molecule has 1 saturated carbocycles. The Kier molecular flexibility index (Phi) is 4.39. The number of primary amides is 1. The van der Waals surface area contributed by atoms with Crippen LogP contribution in [0.25, 0.3) is 0 Å². The number of nitrogens with one attached hydrogen (secondary N) is 1. The van der Waals surface area contributed by atoms with Crippen LogP contribution >= 0.6 is 0 Å². The van der Waals surface area contributed by atoms with Crippen LogP contribution in [0.1, 0.15) is 46.0 Å². The monoisotopic (exact) mass is 198 g/mol. The first-order valence-electron chi connectivity index (χ1n) is 5.66. The van der Waals surface area contributed by atoms with Crippen molar-refractivity contribution in [3.63, 3.8) is 0 Å². The van der Waals surface area contributed by atoms with Crippen LogP contribution in [0.15, 0.2) is 0 Å². The summed E-state index contributed by atoms with van der Waals surface area (Å²) in [6.07, 6.45) is 6.27. The van der Waals surface area contributed by atoms with Gasteiger partial charge in [0.05, 0.1) is 6.04 Å². The first-order valence-corrected chi connectivity index (χ1v) is 5.66. The molecular formula is C11H22N2O. The first-order chi connectivity index (χ1) is 6.61. The Morgan fingerprint density at radius 2 is 1.86 bits per heavy atom. The van der Waals surface area contributed by atoms with Gasteiger partial charge in [-0.2, -0.15) is 0 Å². The second kappa shape index (κ2) is 5.35. The molecule has 1 aliphatic carbocycles. The van der Waals surface area contributed by atoms with Gasteiger partial charge in [-0.25, -0.2) is 0 Å². The zero-order chi connectivity index (χ0) is 10.6. The third kappa shape index (κ3) is 3.29. The lowest BCUT2D eigenvalue weighted by atomic mass is 9.93. The van der Waals surface area contributed by atoms with Gasteiger partial charge in [0.25, 0.3) is 0 Å². The molecule has 0 aromatic heterocycles. The Balaban J connectivity index is 2.41. The van der Waals surface area contributed by atoms with Crippen molar-refractivity contribution < 1.29 is 4.79 Å². The molecule has 0 radical (unpaired) electrons. The summed E-state index contributed by atoms with van der Waals surface area (Å²) in [5.74, 6) is 0.0694. The van der Waals surface area contributed by atoms with E-state index in [-0.39, 0.29) is 17.9 Å². The van der Waals surface area contributed by atoms with Crippen molar-refractivity contribution >= 4 is 5.91 Å². The van der Waals surface area contributed by atoms with E-state index in [1.165, 1.54) is 32.1 Å². The largest absolute Gasteiger partial charge is 0.368 e. The SMILES string of the molecule is CC(C)[C@H](NC1CCCCC1)C(N)=O. The van der Waals surface area contributed by atoms with Gasteiger partial charge in [-0.15, -0.1) is 0 Å². The lowest BCUT2D eigenvalue weighted by Crippen LogP contribution is -2.49. The molecular weight excluding hydrogens is 176 g/mol. The summed E-state index contributed by atoms with van der Waals surface area (Å²) < 4.78 is 0. The van der Waals surface area contributed by atoms with Crippen molar-refractivity contribution in [2.75, 3.05) is 0 Å². The van der Waals surface area contributed by atoms with Crippen LogP contribution < -0.4 is 11.1 Å². The van der Waals surface area contributed by atoms with E-state index in [1.807, 2.05) is 13.8 Å². The van der Waals surface area contributed by atoms with Gasteiger partial charge in [0.2, 0.25) is 5.91 Å². The second-order valence-corrected chi connectivity index (χ2v) is 4.63. The van der Waals surface area contributed by atoms with Crippen molar-refractivity contribution in [1.29, 1.82) is 0 Å². The molecule has 0 unspecified atom stereocenters. The summed E-state index contributed by atoms with van der Waals surface area (Å²) in [6.45, 7) is 4.07. The average molecular weight is 198 g/mol. The number of hydrogen-bond donors (Lipinski definition) is 2. The fraction of sp³-hybridized carbons (Fsp3) is 0.909. The number of carbonyl (C=O) groups is 1. The summed E-state index contributed by atoms with van der Waals surface area (Å²) in [4.78, 5) is 11.2. The Bertz CT molecular complexity index is 186. The fourth-order valence-corrected chi connectivity index (χ4v) is 2.13. The Morgan fingerprint density at radius 3 is 2.29 bits per heavy atom. The molecule has 1 rings (SSSR count). The van der Waals surface area contributed by atoms with Gasteiger partial charge in [-0.05, 0) is 18.8 Å². The number of amides is 1. The molecule has 0 aliphatic heterocycles. The average Bonchev–Trinajstić information content (AvgIpc) is 2.15. The van der Waals surface area contributed by atoms with Gasteiger partial charge in [-0.1, -0.05) is 33.1 Å². The van der Waals surface area contributed by atoms with E-state index >= 15 is 0 Å². The van der Waals surface area contributed by atoms with Crippen LogP contribution in [0, 0.1) is 5.92 Å². The van der Waals surface area contributed by atoms with E-state index in [4.69, 9.17) is 5.73 Å². The molecule has 1 amide bonds. The first kappa shape index (κ1) is 11.5. The van der Waals surface area contributed by atoms with Crippen molar-refractivity contribution in [2.45, 2.75) is 58.0 Å². The van der Waals surface area contributed by atoms with Gasteiger partial charge in [0.15, 0.2) is 0 Å². The standard InChI is InChI=1S/C11H22N2O/c1-8(2)10(11(12)14)13-9-6-4-3-5-7-9/h8-10,13H,3-7H2,1-2H3,(H2,12,14)/t10-/m0/s1. The highest BCUT2D eigenvalue weighted by Crippen LogP contribution is 2.18. The predicted molar refractivity (Wildman–Crippen MR) is 57.8 cm³/mol. The van der Waals surface area contributed by atoms with Crippen LogP contribution in [-0.4, -0.2) is 18.0 Å². The van der Waals surface area contributed by atoms with Crippen molar-refractivity contribution in [1.82, 2.24) is 5.32 Å². The van der Waals surface area contributed by atoms with Gasteiger partial charge < -0.3 is 11.1 Å². The third-order valence-corrected chi connectivity index (χ3v) is 2.99. The van der Waals surface area contributed by atoms with E-state index in [0.29, 0.717) is 6.04 Å². The van der Waals surface area contributed by atoms with Crippen LogP contribution in [-0.2, 0) is 4.79 Å². The van der Waals surface area contributed by atoms with Gasteiger partial charge in [0.1, 0.15) is 0 Å². The maximum absolute atomic E-state index is 11.2. The molecule has 0 aromatic rings. The van der Waals surface area contributed by atoms with Crippen LogP contribution in [0.3, 0.4) is 0 Å². The Labute approximate surface area is 86.4 Å². The molecule has 0 aromatic carbocycles. The highest BCUT2D eigenvalue weighted by molar-refractivity contribution is 5.80. The fourth-order valence-electron chi connectivity index (χ4n) is 2.13. The predicted octanol–water partition coefficient (Wildman–Crippen LogP) is 1.42. The van der Waals surface area contributed by atoms with Gasteiger partial charge in [0, 0.05) is 6.04 Å². The molecule has 1 atom stereocenters. The lowest BCUT2D eigenvalue weighted by Gasteiger charge is -2.28. The second-order valence-electron chi connectivity index (χ2n) is 4.63. The van der Waals surface area contributed by atoms with Crippen molar-refractivity contribution in [3.8, 4) is 0 Å². The smallest absolute Gasteiger partial charge is 0.234 e. The highest BCUT2D eigenvalue weighted by Gasteiger charge is 2.23. The molecule has 0 heterocycles. The number of hydrogen-bond acceptors (Lipinski definition) is 2. The summed E-state index contributed by atoms with van der Waals surface area (Å²) in [7, 11) is 0. The molecule has 3 heteroatoms. The molecule has 0 saturated heterocycles. The number of carbonyl (C=O) groups excluding carboxylic acids is 1. The molecule has 82 valence electrons. The van der Waals surface area contributed by atoms with E-state index in [0.717, 1.165) is 0 Å². The topological polar surface area (TPSA) is 55.1 Å². The van der Waals surface area contributed by atoms with E-state index in [2.05, 4.69) is 5.32 Å². The minimum absolute atomic E-state index is 0.155. The molecule has 0 spiro atoms. The van der Waals surface area contributed by atoms with Crippen LogP contribution in [0.5, 0.6) is 0 Å².